The summed E-state index contributed by atoms with van der Waals surface area (Å²) in [6.45, 7) is 6.78. The summed E-state index contributed by atoms with van der Waals surface area (Å²) in [5.41, 5.74) is 0. The van der Waals surface area contributed by atoms with Gasteiger partial charge in [-0.3, -0.25) is 14.4 Å². The van der Waals surface area contributed by atoms with Gasteiger partial charge in [-0.15, -0.1) is 0 Å². The molecule has 0 aliphatic carbocycles. The highest BCUT2D eigenvalue weighted by Gasteiger charge is 2.54. The molecule has 168 valence electrons. The maximum Gasteiger partial charge on any atom is 0.261 e. The van der Waals surface area contributed by atoms with Crippen LogP contribution in [-0.2, 0) is 18.8 Å². The summed E-state index contributed by atoms with van der Waals surface area (Å²) in [5, 5.41) is 2.07. The molecule has 0 radical (unpaired) electrons. The Morgan fingerprint density at radius 3 is 1.97 bits per heavy atom. The van der Waals surface area contributed by atoms with Crippen LogP contribution in [0.3, 0.4) is 0 Å². The number of carbonyl (C=O) groups is 3. The predicted octanol–water partition coefficient (Wildman–Crippen LogP) is 1.57. The Morgan fingerprint density at radius 2 is 1.47 bits per heavy atom. The second-order valence-electron chi connectivity index (χ2n) is 9.70. The van der Waals surface area contributed by atoms with Gasteiger partial charge in [-0.2, -0.15) is 0 Å². The van der Waals surface area contributed by atoms with Crippen molar-refractivity contribution in [3.8, 4) is 0 Å². The highest BCUT2D eigenvalue weighted by Crippen LogP contribution is 2.37. The van der Waals surface area contributed by atoms with Crippen LogP contribution in [0.4, 0.5) is 0 Å². The lowest BCUT2D eigenvalue weighted by Crippen LogP contribution is -2.67. The van der Waals surface area contributed by atoms with Crippen LogP contribution in [0.25, 0.3) is 0 Å². The number of Topliss-reactive ketones (excluding diaryl/α,β-unsaturated/α-hetero) is 1. The zero-order valence-electron chi connectivity index (χ0n) is 19.1. The van der Waals surface area contributed by atoms with Crippen molar-refractivity contribution in [2.45, 2.75) is 44.3 Å². The molecule has 2 aromatic carbocycles. The Kier molecular flexibility index (Phi) is 5.81. The third-order valence-electron chi connectivity index (χ3n) is 6.59. The number of piperazine rings is 1. The van der Waals surface area contributed by atoms with Crippen LogP contribution in [0.5, 0.6) is 0 Å². The zero-order valence-corrected chi connectivity index (χ0v) is 20.1. The molecule has 7 heteroatoms. The molecule has 6 nitrogen and oxygen atoms in total. The van der Waals surface area contributed by atoms with E-state index < -0.39 is 20.4 Å². The topological polar surface area (TPSA) is 66.9 Å². The molecule has 4 rings (SSSR count). The van der Waals surface area contributed by atoms with E-state index in [0.29, 0.717) is 0 Å². The molecule has 0 bridgehead atoms. The van der Waals surface area contributed by atoms with Crippen LogP contribution >= 0.6 is 0 Å². The van der Waals surface area contributed by atoms with Crippen LogP contribution in [-0.4, -0.2) is 68.0 Å². The molecule has 0 N–H and O–H groups in total. The maximum atomic E-state index is 12.8. The quantitative estimate of drug-likeness (QED) is 0.512. The summed E-state index contributed by atoms with van der Waals surface area (Å²) in [4.78, 5) is 40.9. The molecular formula is C25H30N2O4Si. The molecule has 2 aliphatic heterocycles. The first-order valence-electron chi connectivity index (χ1n) is 11.0. The fraction of sp³-hybridized carbons (Fsp3) is 0.400. The summed E-state index contributed by atoms with van der Waals surface area (Å²) in [5.74, 6) is -0.701. The molecule has 0 aromatic heterocycles. The van der Waals surface area contributed by atoms with Gasteiger partial charge in [0.2, 0.25) is 5.91 Å². The lowest BCUT2D eigenvalue weighted by Gasteiger charge is -2.44. The van der Waals surface area contributed by atoms with Crippen LogP contribution in [0, 0.1) is 0 Å². The smallest absolute Gasteiger partial charge is 0.261 e. The molecule has 2 heterocycles. The van der Waals surface area contributed by atoms with Gasteiger partial charge in [0.05, 0.1) is 19.2 Å². The molecule has 1 unspecified atom stereocenters. The van der Waals surface area contributed by atoms with E-state index in [0.717, 1.165) is 10.4 Å². The van der Waals surface area contributed by atoms with Crippen LogP contribution in [0.2, 0.25) is 5.04 Å². The number of benzene rings is 2. The first kappa shape index (κ1) is 22.4. The number of rotatable bonds is 5. The van der Waals surface area contributed by atoms with Crippen molar-refractivity contribution < 1.29 is 18.8 Å². The fourth-order valence-electron chi connectivity index (χ4n) is 5.11. The zero-order chi connectivity index (χ0) is 23.1. The monoisotopic (exact) mass is 450 g/mol. The van der Waals surface area contributed by atoms with Gasteiger partial charge in [0, 0.05) is 13.5 Å². The fourth-order valence-corrected chi connectivity index (χ4v) is 9.70. The van der Waals surface area contributed by atoms with Crippen LogP contribution in [0.15, 0.2) is 60.7 Å². The molecule has 2 saturated heterocycles. The lowest BCUT2D eigenvalue weighted by molar-refractivity contribution is -0.156. The summed E-state index contributed by atoms with van der Waals surface area (Å²) in [6, 6.07) is 19.1. The summed E-state index contributed by atoms with van der Waals surface area (Å²) < 4.78 is 6.93. The van der Waals surface area contributed by atoms with Gasteiger partial charge >= 0.3 is 0 Å². The number of likely N-dealkylation sites (N-methyl/N-ethyl adjacent to an activating group) is 1. The van der Waals surface area contributed by atoms with E-state index in [9.17, 15) is 14.4 Å². The van der Waals surface area contributed by atoms with Gasteiger partial charge < -0.3 is 14.2 Å². The largest absolute Gasteiger partial charge is 0.405 e. The second kappa shape index (κ2) is 8.29. The number of nitrogens with zero attached hydrogens (tertiary/aromatic N) is 2. The summed E-state index contributed by atoms with van der Waals surface area (Å²) >= 11 is 0. The molecule has 2 aromatic rings. The molecule has 2 amide bonds. The molecule has 0 saturated carbocycles. The minimum Gasteiger partial charge on any atom is -0.405 e. The molecular weight excluding hydrogens is 420 g/mol. The minimum atomic E-state index is -2.79. The number of hydrogen-bond donors (Lipinski definition) is 0. The number of fused-ring (bicyclic) bond motifs is 1. The highest BCUT2D eigenvalue weighted by molar-refractivity contribution is 6.99. The van der Waals surface area contributed by atoms with E-state index in [1.807, 2.05) is 36.4 Å². The molecule has 2 fully saturated rings. The van der Waals surface area contributed by atoms with Crippen molar-refractivity contribution in [3.63, 3.8) is 0 Å². The average molecular weight is 451 g/mol. The number of amides is 2. The standard InChI is InChI=1S/C25H30N2O4Si/c1-25(2,3)32(19-11-7-5-8-12-19,20-13-9-6-10-14-20)31-17-18-15-21(28)23-24(30)26(4)16-22(29)27(18)23/h5-14,18,23H,15-17H2,1-4H3/t18-,23?/m1/s1. The maximum absolute atomic E-state index is 12.8. The molecule has 0 spiro atoms. The average Bonchev–Trinajstić information content (AvgIpc) is 3.10. The Balaban J connectivity index is 1.73. The van der Waals surface area contributed by atoms with E-state index in [1.54, 1.807) is 7.05 Å². The van der Waals surface area contributed by atoms with Gasteiger partial charge in [-0.05, 0) is 15.4 Å². The van der Waals surface area contributed by atoms with Gasteiger partial charge in [-0.25, -0.2) is 0 Å². The number of hydrogen-bond acceptors (Lipinski definition) is 4. The van der Waals surface area contributed by atoms with E-state index in [-0.39, 0.29) is 42.2 Å². The van der Waals surface area contributed by atoms with Crippen LogP contribution in [0.1, 0.15) is 27.2 Å². The molecule has 32 heavy (non-hydrogen) atoms. The number of carbonyl (C=O) groups excluding carboxylic acids is 3. The first-order chi connectivity index (χ1) is 15.2. The normalized spacial score (nSPS) is 21.8. The summed E-state index contributed by atoms with van der Waals surface area (Å²) in [7, 11) is -1.23. The van der Waals surface area contributed by atoms with Crippen molar-refractivity contribution in [1.82, 2.24) is 9.80 Å². The highest BCUT2D eigenvalue weighted by atomic mass is 28.4. The Bertz CT molecular complexity index is 980. The van der Waals surface area contributed by atoms with Crippen molar-refractivity contribution in [2.75, 3.05) is 20.2 Å². The first-order valence-corrected chi connectivity index (χ1v) is 12.9. The minimum absolute atomic E-state index is 0.00166. The van der Waals surface area contributed by atoms with Crippen LogP contribution < -0.4 is 10.4 Å². The number of ketones is 1. The Hall–Kier alpha value is -2.77. The van der Waals surface area contributed by atoms with Gasteiger partial charge in [0.1, 0.15) is 0 Å². The predicted molar refractivity (Wildman–Crippen MR) is 125 cm³/mol. The molecule has 2 aliphatic rings. The third kappa shape index (κ3) is 3.59. The lowest BCUT2D eigenvalue weighted by atomic mass is 10.1. The van der Waals surface area contributed by atoms with E-state index >= 15 is 0 Å². The van der Waals surface area contributed by atoms with E-state index in [2.05, 4.69) is 45.0 Å². The Labute approximate surface area is 190 Å². The van der Waals surface area contributed by atoms with Crippen molar-refractivity contribution >= 4 is 36.3 Å². The van der Waals surface area contributed by atoms with Crippen molar-refractivity contribution in [3.05, 3.63) is 60.7 Å². The van der Waals surface area contributed by atoms with Crippen molar-refractivity contribution in [1.29, 1.82) is 0 Å². The van der Waals surface area contributed by atoms with E-state index in [4.69, 9.17) is 4.43 Å². The molecule has 2 atom stereocenters. The summed E-state index contributed by atoms with van der Waals surface area (Å²) in [6.07, 6.45) is 0.147. The van der Waals surface area contributed by atoms with Crippen molar-refractivity contribution in [2.24, 2.45) is 0 Å². The third-order valence-corrected chi connectivity index (χ3v) is 11.6. The Morgan fingerprint density at radius 1 is 0.938 bits per heavy atom. The van der Waals surface area contributed by atoms with Gasteiger partial charge in [0.25, 0.3) is 14.2 Å². The van der Waals surface area contributed by atoms with Gasteiger partial charge in [0.15, 0.2) is 11.8 Å². The van der Waals surface area contributed by atoms with E-state index in [1.165, 1.54) is 9.80 Å². The SMILES string of the molecule is CN1CC(=O)N2C(C(=O)C[C@@H]2CO[Si](c2ccccc2)(c2ccccc2)C(C)(C)C)C1=O. The second-order valence-corrected chi connectivity index (χ2v) is 14.0. The van der Waals surface area contributed by atoms with Gasteiger partial charge in [-0.1, -0.05) is 81.4 Å².